The van der Waals surface area contributed by atoms with Crippen LogP contribution in [0.3, 0.4) is 0 Å². The van der Waals surface area contributed by atoms with Gasteiger partial charge in [-0.05, 0) is 24.3 Å². The number of carboxylic acids is 1. The molecule has 1 aromatic rings. The highest BCUT2D eigenvalue weighted by atomic mass is 32.2. The molecule has 0 aliphatic carbocycles. The van der Waals surface area contributed by atoms with Crippen molar-refractivity contribution in [1.29, 1.82) is 0 Å². The maximum atomic E-state index is 13.8. The lowest BCUT2D eigenvalue weighted by atomic mass is 9.98. The van der Waals surface area contributed by atoms with Crippen molar-refractivity contribution in [2.45, 2.75) is 12.0 Å². The minimum absolute atomic E-state index is 0.191. The Kier molecular flexibility index (Phi) is 4.17. The van der Waals surface area contributed by atoms with E-state index in [0.717, 1.165) is 6.07 Å². The third-order valence-corrected chi connectivity index (χ3v) is 4.39. The Morgan fingerprint density at radius 1 is 1.50 bits per heavy atom. The predicted octanol–water partition coefficient (Wildman–Crippen LogP) is 1.52. The average Bonchev–Trinajstić information content (AvgIpc) is 2.88. The Morgan fingerprint density at radius 3 is 2.75 bits per heavy atom. The molecule has 0 aromatic heterocycles. The summed E-state index contributed by atoms with van der Waals surface area (Å²) in [5.74, 6) is -1.33. The van der Waals surface area contributed by atoms with Crippen LogP contribution in [-0.2, 0) is 4.79 Å². The molecular weight excluding hydrogens is 285 g/mol. The first-order valence-electron chi connectivity index (χ1n) is 5.96. The van der Waals surface area contributed by atoms with Crippen molar-refractivity contribution in [2.24, 2.45) is 0 Å². The number of methoxy groups -OCH3 is 1. The maximum absolute atomic E-state index is 13.8. The monoisotopic (exact) mass is 299 g/mol. The van der Waals surface area contributed by atoms with Crippen LogP contribution in [0.1, 0.15) is 16.8 Å². The van der Waals surface area contributed by atoms with Gasteiger partial charge in [0.05, 0.1) is 12.7 Å². The summed E-state index contributed by atoms with van der Waals surface area (Å²) in [6, 6.07) is 3.82. The highest BCUT2D eigenvalue weighted by Crippen LogP contribution is 2.29. The fraction of sp³-hybridized carbons (Fsp3) is 0.385. The van der Waals surface area contributed by atoms with Gasteiger partial charge in [0, 0.05) is 11.8 Å². The number of amides is 1. The minimum Gasteiger partial charge on any atom is -0.497 e. The van der Waals surface area contributed by atoms with Crippen LogP contribution in [0, 0.1) is 5.82 Å². The normalized spacial score (nSPS) is 21.5. The molecule has 20 heavy (non-hydrogen) atoms. The Balaban J connectivity index is 2.21. The molecule has 1 fully saturated rings. The molecular formula is C13H14FNO4S. The van der Waals surface area contributed by atoms with Crippen LogP contribution in [0.2, 0.25) is 0 Å². The van der Waals surface area contributed by atoms with E-state index in [4.69, 9.17) is 4.74 Å². The number of ether oxygens (including phenoxy) is 1. The van der Waals surface area contributed by atoms with Gasteiger partial charge in [0.2, 0.25) is 0 Å². The van der Waals surface area contributed by atoms with Crippen LogP contribution in [0.15, 0.2) is 18.2 Å². The lowest BCUT2D eigenvalue weighted by Crippen LogP contribution is -2.54. The van der Waals surface area contributed by atoms with Crippen LogP contribution in [0.25, 0.3) is 0 Å². The summed E-state index contributed by atoms with van der Waals surface area (Å²) in [6.45, 7) is 0. The number of carbonyl (C=O) groups excluding carboxylic acids is 1. The molecule has 2 N–H and O–H groups in total. The molecule has 0 radical (unpaired) electrons. The van der Waals surface area contributed by atoms with Crippen molar-refractivity contribution in [1.82, 2.24) is 5.32 Å². The quantitative estimate of drug-likeness (QED) is 0.881. The van der Waals surface area contributed by atoms with E-state index >= 15 is 0 Å². The smallest absolute Gasteiger partial charge is 0.330 e. The summed E-state index contributed by atoms with van der Waals surface area (Å²) in [4.78, 5) is 23.4. The molecule has 1 aromatic carbocycles. The van der Waals surface area contributed by atoms with Crippen LogP contribution in [-0.4, -0.2) is 41.1 Å². The summed E-state index contributed by atoms with van der Waals surface area (Å²) < 4.78 is 18.6. The first kappa shape index (κ1) is 14.6. The van der Waals surface area contributed by atoms with Crippen molar-refractivity contribution in [3.8, 4) is 5.75 Å². The van der Waals surface area contributed by atoms with Gasteiger partial charge in [-0.1, -0.05) is 0 Å². The van der Waals surface area contributed by atoms with E-state index in [0.29, 0.717) is 17.9 Å². The second-order valence-electron chi connectivity index (χ2n) is 4.49. The Bertz CT molecular complexity index is 543. The molecule has 0 bridgehead atoms. The van der Waals surface area contributed by atoms with E-state index in [2.05, 4.69) is 5.32 Å². The third-order valence-electron chi connectivity index (χ3n) is 3.20. The number of carbonyl (C=O) groups is 2. The predicted molar refractivity (Wildman–Crippen MR) is 72.7 cm³/mol. The zero-order valence-corrected chi connectivity index (χ0v) is 11.6. The highest BCUT2D eigenvalue weighted by molar-refractivity contribution is 7.99. The average molecular weight is 299 g/mol. The molecule has 1 heterocycles. The summed E-state index contributed by atoms with van der Waals surface area (Å²) in [5.41, 5.74) is -1.50. The Morgan fingerprint density at radius 2 is 2.25 bits per heavy atom. The number of nitrogens with one attached hydrogen (secondary N) is 1. The van der Waals surface area contributed by atoms with Gasteiger partial charge in [0.25, 0.3) is 5.91 Å². The van der Waals surface area contributed by atoms with Gasteiger partial charge in [-0.25, -0.2) is 9.18 Å². The molecule has 1 amide bonds. The number of hydrogen-bond donors (Lipinski definition) is 2. The standard InChI is InChI=1S/C13H14FNO4S/c1-19-8-2-3-9(10(14)6-8)11(16)15-13(12(17)18)4-5-20-7-13/h2-3,6H,4-5,7H2,1H3,(H,15,16)(H,17,18). The van der Waals surface area contributed by atoms with E-state index in [1.807, 2.05) is 0 Å². The molecule has 1 atom stereocenters. The van der Waals surface area contributed by atoms with Crippen LogP contribution >= 0.6 is 11.8 Å². The van der Waals surface area contributed by atoms with Gasteiger partial charge in [-0.15, -0.1) is 0 Å². The van der Waals surface area contributed by atoms with E-state index in [9.17, 15) is 19.1 Å². The van der Waals surface area contributed by atoms with Gasteiger partial charge < -0.3 is 15.2 Å². The second-order valence-corrected chi connectivity index (χ2v) is 5.59. The topological polar surface area (TPSA) is 75.6 Å². The van der Waals surface area contributed by atoms with Gasteiger partial charge in [-0.3, -0.25) is 4.79 Å². The second kappa shape index (κ2) is 5.70. The molecule has 5 nitrogen and oxygen atoms in total. The SMILES string of the molecule is COc1ccc(C(=O)NC2(C(=O)O)CCSC2)c(F)c1. The number of aliphatic carboxylic acids is 1. The van der Waals surface area contributed by atoms with Crippen molar-refractivity contribution >= 4 is 23.6 Å². The molecule has 108 valence electrons. The van der Waals surface area contributed by atoms with Gasteiger partial charge >= 0.3 is 5.97 Å². The van der Waals surface area contributed by atoms with E-state index in [1.54, 1.807) is 0 Å². The fourth-order valence-corrected chi connectivity index (χ4v) is 3.30. The van der Waals surface area contributed by atoms with E-state index < -0.39 is 23.2 Å². The van der Waals surface area contributed by atoms with Crippen LogP contribution in [0.5, 0.6) is 5.75 Å². The summed E-state index contributed by atoms with van der Waals surface area (Å²) >= 11 is 1.45. The van der Waals surface area contributed by atoms with Crippen LogP contribution in [0.4, 0.5) is 4.39 Å². The number of thioether (sulfide) groups is 1. The van der Waals surface area contributed by atoms with Gasteiger partial charge in [-0.2, -0.15) is 11.8 Å². The van der Waals surface area contributed by atoms with Crippen molar-refractivity contribution < 1.29 is 23.8 Å². The van der Waals surface area contributed by atoms with Crippen LogP contribution < -0.4 is 10.1 Å². The molecule has 1 unspecified atom stereocenters. The summed E-state index contributed by atoms with van der Waals surface area (Å²) in [5, 5.41) is 11.7. The van der Waals surface area contributed by atoms with E-state index in [1.165, 1.54) is 31.0 Å². The zero-order chi connectivity index (χ0) is 14.8. The largest absolute Gasteiger partial charge is 0.497 e. The molecule has 1 saturated heterocycles. The third kappa shape index (κ3) is 2.72. The van der Waals surface area contributed by atoms with Crippen molar-refractivity contribution in [3.05, 3.63) is 29.6 Å². The molecule has 1 aliphatic heterocycles. The first-order chi connectivity index (χ1) is 9.48. The summed E-state index contributed by atoms with van der Waals surface area (Å²) in [6.07, 6.45) is 0.330. The first-order valence-corrected chi connectivity index (χ1v) is 7.11. The number of hydrogen-bond acceptors (Lipinski definition) is 4. The van der Waals surface area contributed by atoms with Gasteiger partial charge in [0.1, 0.15) is 17.1 Å². The molecule has 0 spiro atoms. The molecule has 2 rings (SSSR count). The Labute approximate surface area is 119 Å². The molecule has 1 aliphatic rings. The van der Waals surface area contributed by atoms with E-state index in [-0.39, 0.29) is 11.3 Å². The number of rotatable bonds is 4. The van der Waals surface area contributed by atoms with Gasteiger partial charge in [0.15, 0.2) is 0 Å². The highest BCUT2D eigenvalue weighted by Gasteiger charge is 2.43. The zero-order valence-electron chi connectivity index (χ0n) is 10.8. The summed E-state index contributed by atoms with van der Waals surface area (Å²) in [7, 11) is 1.39. The van der Waals surface area contributed by atoms with Crippen molar-refractivity contribution in [3.63, 3.8) is 0 Å². The number of benzene rings is 1. The Hall–Kier alpha value is -1.76. The lowest BCUT2D eigenvalue weighted by Gasteiger charge is -2.24. The fourth-order valence-electron chi connectivity index (χ4n) is 1.98. The number of halogens is 1. The number of carboxylic acid groups (broad SMARTS) is 1. The molecule has 0 saturated carbocycles. The van der Waals surface area contributed by atoms with Crippen molar-refractivity contribution in [2.75, 3.05) is 18.6 Å². The lowest BCUT2D eigenvalue weighted by molar-refractivity contribution is -0.143. The minimum atomic E-state index is -1.31. The maximum Gasteiger partial charge on any atom is 0.330 e. The molecule has 7 heteroatoms.